The van der Waals surface area contributed by atoms with E-state index in [-0.39, 0.29) is 11.8 Å². The molecule has 0 spiro atoms. The van der Waals surface area contributed by atoms with Crippen LogP contribution < -0.4 is 15.8 Å². The molecule has 5 heteroatoms. The van der Waals surface area contributed by atoms with Gasteiger partial charge in [-0.2, -0.15) is 0 Å². The van der Waals surface area contributed by atoms with Crippen molar-refractivity contribution in [3.05, 3.63) is 23.2 Å². The normalized spacial score (nSPS) is 12.4. The van der Waals surface area contributed by atoms with Crippen LogP contribution in [-0.4, -0.2) is 19.1 Å². The molecule has 0 aliphatic rings. The molecule has 1 rings (SSSR count). The average Bonchev–Trinajstić information content (AvgIpc) is 2.30. The lowest BCUT2D eigenvalue weighted by Crippen LogP contribution is -2.39. The van der Waals surface area contributed by atoms with Crippen LogP contribution in [0.1, 0.15) is 13.8 Å². The molecule has 94 valence electrons. The summed E-state index contributed by atoms with van der Waals surface area (Å²) in [5.41, 5.74) is 6.25. The van der Waals surface area contributed by atoms with Crippen LogP contribution in [0, 0.1) is 5.92 Å². The molecule has 0 aliphatic carbocycles. The summed E-state index contributed by atoms with van der Waals surface area (Å²) in [5, 5.41) is 3.14. The Kier molecular flexibility index (Phi) is 4.78. The van der Waals surface area contributed by atoms with Crippen molar-refractivity contribution < 1.29 is 9.53 Å². The Balaban J connectivity index is 2.84. The molecule has 0 unspecified atom stereocenters. The fraction of sp³-hybridized carbons (Fsp3) is 0.417. The van der Waals surface area contributed by atoms with E-state index >= 15 is 0 Å². The summed E-state index contributed by atoms with van der Waals surface area (Å²) in [5.74, 6) is 0.442. The monoisotopic (exact) mass is 256 g/mol. The Morgan fingerprint density at radius 2 is 2.12 bits per heavy atom. The Morgan fingerprint density at radius 3 is 2.65 bits per heavy atom. The minimum atomic E-state index is -0.558. The van der Waals surface area contributed by atoms with Crippen molar-refractivity contribution >= 4 is 23.2 Å². The van der Waals surface area contributed by atoms with E-state index in [1.807, 2.05) is 13.8 Å². The number of hydrogen-bond acceptors (Lipinski definition) is 3. The van der Waals surface area contributed by atoms with E-state index in [1.165, 1.54) is 0 Å². The number of ether oxygens (including phenoxy) is 1. The summed E-state index contributed by atoms with van der Waals surface area (Å²) in [6, 6.07) is 4.49. The Labute approximate surface area is 106 Å². The van der Waals surface area contributed by atoms with Gasteiger partial charge in [-0.1, -0.05) is 25.4 Å². The zero-order chi connectivity index (χ0) is 13.0. The first-order valence-electron chi connectivity index (χ1n) is 5.35. The number of carbonyl (C=O) groups excluding carboxylic acids is 1. The van der Waals surface area contributed by atoms with Gasteiger partial charge in [0, 0.05) is 6.07 Å². The molecule has 0 aromatic heterocycles. The first-order chi connectivity index (χ1) is 7.95. The smallest absolute Gasteiger partial charge is 0.241 e. The first kappa shape index (κ1) is 13.8. The standard InChI is InChI=1S/C12H17ClN2O2/c1-7(2)11(14)12(16)15-10-6-8(17-3)4-5-9(10)13/h4-7,11H,14H2,1-3H3,(H,15,16)/t11-/m1/s1. The highest BCUT2D eigenvalue weighted by atomic mass is 35.5. The number of carbonyl (C=O) groups is 1. The van der Waals surface area contributed by atoms with Crippen LogP contribution in [0.15, 0.2) is 18.2 Å². The number of anilines is 1. The fourth-order valence-corrected chi connectivity index (χ4v) is 1.41. The summed E-state index contributed by atoms with van der Waals surface area (Å²) in [4.78, 5) is 11.8. The molecule has 0 fully saturated rings. The van der Waals surface area contributed by atoms with Gasteiger partial charge in [0.2, 0.25) is 5.91 Å². The molecule has 1 aromatic carbocycles. The molecular weight excluding hydrogens is 240 g/mol. The second kappa shape index (κ2) is 5.89. The second-order valence-corrected chi connectivity index (χ2v) is 4.51. The number of nitrogens with two attached hydrogens (primary N) is 1. The number of benzene rings is 1. The molecule has 0 bridgehead atoms. The third-order valence-electron chi connectivity index (χ3n) is 2.45. The highest BCUT2D eigenvalue weighted by Crippen LogP contribution is 2.26. The van der Waals surface area contributed by atoms with Gasteiger partial charge in [-0.15, -0.1) is 0 Å². The van der Waals surface area contributed by atoms with Crippen LogP contribution in [0.25, 0.3) is 0 Å². The predicted octanol–water partition coefficient (Wildman–Crippen LogP) is 2.27. The van der Waals surface area contributed by atoms with Crippen molar-refractivity contribution in [2.24, 2.45) is 11.7 Å². The maximum atomic E-state index is 11.8. The molecule has 17 heavy (non-hydrogen) atoms. The third kappa shape index (κ3) is 3.61. The number of amides is 1. The van der Waals surface area contributed by atoms with Crippen molar-refractivity contribution in [1.82, 2.24) is 0 Å². The van der Waals surface area contributed by atoms with Gasteiger partial charge in [0.05, 0.1) is 23.9 Å². The van der Waals surface area contributed by atoms with Crippen molar-refractivity contribution in [2.75, 3.05) is 12.4 Å². The predicted molar refractivity (Wildman–Crippen MR) is 69.4 cm³/mol. The van der Waals surface area contributed by atoms with Crippen LogP contribution in [0.2, 0.25) is 5.02 Å². The maximum Gasteiger partial charge on any atom is 0.241 e. The van der Waals surface area contributed by atoms with Crippen molar-refractivity contribution in [2.45, 2.75) is 19.9 Å². The molecule has 0 saturated carbocycles. The minimum Gasteiger partial charge on any atom is -0.497 e. The lowest BCUT2D eigenvalue weighted by Gasteiger charge is -2.16. The summed E-state index contributed by atoms with van der Waals surface area (Å²) in [6.45, 7) is 3.77. The van der Waals surface area contributed by atoms with Crippen LogP contribution in [-0.2, 0) is 4.79 Å². The molecular formula is C12H17ClN2O2. The van der Waals surface area contributed by atoms with Crippen molar-refractivity contribution in [3.63, 3.8) is 0 Å². The van der Waals surface area contributed by atoms with E-state index < -0.39 is 6.04 Å². The number of methoxy groups -OCH3 is 1. The zero-order valence-electron chi connectivity index (χ0n) is 10.2. The maximum absolute atomic E-state index is 11.8. The Bertz CT molecular complexity index is 407. The molecule has 3 N–H and O–H groups in total. The van der Waals surface area contributed by atoms with Gasteiger partial charge in [-0.3, -0.25) is 4.79 Å². The van der Waals surface area contributed by atoms with Gasteiger partial charge in [0.1, 0.15) is 5.75 Å². The van der Waals surface area contributed by atoms with Crippen molar-refractivity contribution in [1.29, 1.82) is 0 Å². The summed E-state index contributed by atoms with van der Waals surface area (Å²) >= 11 is 5.97. The van der Waals surface area contributed by atoms with Gasteiger partial charge >= 0.3 is 0 Å². The Hall–Kier alpha value is -1.26. The van der Waals surface area contributed by atoms with Crippen LogP contribution in [0.4, 0.5) is 5.69 Å². The quantitative estimate of drug-likeness (QED) is 0.869. The summed E-state index contributed by atoms with van der Waals surface area (Å²) < 4.78 is 5.06. The molecule has 4 nitrogen and oxygen atoms in total. The second-order valence-electron chi connectivity index (χ2n) is 4.10. The highest BCUT2D eigenvalue weighted by molar-refractivity contribution is 6.33. The molecule has 1 aromatic rings. The van der Waals surface area contributed by atoms with E-state index in [4.69, 9.17) is 22.1 Å². The minimum absolute atomic E-state index is 0.0689. The van der Waals surface area contributed by atoms with Crippen molar-refractivity contribution in [3.8, 4) is 5.75 Å². The van der Waals surface area contributed by atoms with E-state index in [2.05, 4.69) is 5.32 Å². The highest BCUT2D eigenvalue weighted by Gasteiger charge is 2.18. The SMILES string of the molecule is COc1ccc(Cl)c(NC(=O)[C@H](N)C(C)C)c1. The van der Waals surface area contributed by atoms with E-state index in [9.17, 15) is 4.79 Å². The number of rotatable bonds is 4. The third-order valence-corrected chi connectivity index (χ3v) is 2.78. The van der Waals surface area contributed by atoms with E-state index in [0.717, 1.165) is 0 Å². The van der Waals surface area contributed by atoms with Gasteiger partial charge < -0.3 is 15.8 Å². The number of halogens is 1. The summed E-state index contributed by atoms with van der Waals surface area (Å²) in [6.07, 6.45) is 0. The first-order valence-corrected chi connectivity index (χ1v) is 5.73. The van der Waals surface area contributed by atoms with Gasteiger partial charge in [0.15, 0.2) is 0 Å². The Morgan fingerprint density at radius 1 is 1.47 bits per heavy atom. The summed E-state index contributed by atoms with van der Waals surface area (Å²) in [7, 11) is 1.55. The fourth-order valence-electron chi connectivity index (χ4n) is 1.25. The van der Waals surface area contributed by atoms with Crippen LogP contribution in [0.5, 0.6) is 5.75 Å². The molecule has 0 heterocycles. The number of nitrogens with one attached hydrogen (secondary N) is 1. The van der Waals surface area contributed by atoms with Crippen LogP contribution in [0.3, 0.4) is 0 Å². The average molecular weight is 257 g/mol. The topological polar surface area (TPSA) is 64.3 Å². The zero-order valence-corrected chi connectivity index (χ0v) is 10.9. The lowest BCUT2D eigenvalue weighted by atomic mass is 10.0. The van der Waals surface area contributed by atoms with Gasteiger partial charge in [-0.25, -0.2) is 0 Å². The molecule has 1 atom stereocenters. The number of hydrogen-bond donors (Lipinski definition) is 2. The largest absolute Gasteiger partial charge is 0.497 e. The molecule has 0 aliphatic heterocycles. The molecule has 0 saturated heterocycles. The molecule has 0 radical (unpaired) electrons. The van der Waals surface area contributed by atoms with Gasteiger partial charge in [0.25, 0.3) is 0 Å². The van der Waals surface area contributed by atoms with Gasteiger partial charge in [-0.05, 0) is 18.1 Å². The van der Waals surface area contributed by atoms with E-state index in [1.54, 1.807) is 25.3 Å². The van der Waals surface area contributed by atoms with E-state index in [0.29, 0.717) is 16.5 Å². The lowest BCUT2D eigenvalue weighted by molar-refractivity contribution is -0.118. The molecule has 1 amide bonds. The van der Waals surface area contributed by atoms with Crippen LogP contribution >= 0.6 is 11.6 Å².